The summed E-state index contributed by atoms with van der Waals surface area (Å²) >= 11 is 0.209. The lowest BCUT2D eigenvalue weighted by Crippen LogP contribution is -2.35. The zero-order valence-corrected chi connectivity index (χ0v) is 20.5. The zero-order chi connectivity index (χ0) is 26.0. The molecule has 11 heteroatoms. The number of thioether (sulfide) groups is 1. The van der Waals surface area contributed by atoms with Gasteiger partial charge < -0.3 is 9.47 Å². The van der Waals surface area contributed by atoms with E-state index in [0.29, 0.717) is 22.2 Å². The summed E-state index contributed by atoms with van der Waals surface area (Å²) in [7, 11) is 0. The average Bonchev–Trinajstić information content (AvgIpc) is 3.25. The van der Waals surface area contributed by atoms with Crippen LogP contribution in [0.15, 0.2) is 58.1 Å². The number of para-hydroxylation sites is 1. The van der Waals surface area contributed by atoms with Crippen LogP contribution in [0.25, 0.3) is 6.08 Å². The molecule has 0 aliphatic carbocycles. The highest BCUT2D eigenvalue weighted by atomic mass is 32.2. The zero-order valence-electron chi connectivity index (χ0n) is 19.7. The molecule has 188 valence electrons. The fourth-order valence-corrected chi connectivity index (χ4v) is 4.30. The Morgan fingerprint density at radius 2 is 1.81 bits per heavy atom. The van der Waals surface area contributed by atoms with Gasteiger partial charge in [-0.3, -0.25) is 10.2 Å². The summed E-state index contributed by atoms with van der Waals surface area (Å²) in [6, 6.07) is 12.9. The molecule has 7 nitrogen and oxygen atoms in total. The summed E-state index contributed by atoms with van der Waals surface area (Å²) in [6.45, 7) is 6.65. The van der Waals surface area contributed by atoms with Gasteiger partial charge in [-0.25, -0.2) is 0 Å². The summed E-state index contributed by atoms with van der Waals surface area (Å²) in [6.07, 6.45) is -3.33. The molecule has 0 bridgehead atoms. The number of hydrogen-bond donors (Lipinski definition) is 1. The van der Waals surface area contributed by atoms with E-state index in [1.807, 2.05) is 25.1 Å². The Labute approximate surface area is 210 Å². The van der Waals surface area contributed by atoms with E-state index >= 15 is 0 Å². The summed E-state index contributed by atoms with van der Waals surface area (Å²) in [5.74, 6) is 0.200. The number of carbonyl (C=O) groups excluding carboxylic acids is 1. The standard InChI is InChI=1S/C25H23F3N4O3S/c1-14(2)17-9-8-15(3)12-20(17)35-11-10-34-19-7-5-4-6-16(19)13-18-21(29)32-24(30-22(18)33)36-23(31-32)25(26,27)28/h4-9,12-14,29H,10-11H2,1-3H3/b18-13-,29-21?. The quantitative estimate of drug-likeness (QED) is 0.374. The second-order valence-corrected chi connectivity index (χ2v) is 9.31. The number of carbonyl (C=O) groups is 1. The van der Waals surface area contributed by atoms with E-state index in [1.165, 1.54) is 6.08 Å². The number of nitrogens with zero attached hydrogens (tertiary/aromatic N) is 3. The van der Waals surface area contributed by atoms with Gasteiger partial charge in [-0.15, -0.1) is 0 Å². The van der Waals surface area contributed by atoms with Crippen molar-refractivity contribution < 1.29 is 27.4 Å². The largest absolute Gasteiger partial charge is 0.490 e. The highest BCUT2D eigenvalue weighted by Crippen LogP contribution is 2.35. The number of benzene rings is 2. The highest BCUT2D eigenvalue weighted by molar-refractivity contribution is 8.27. The maximum absolute atomic E-state index is 13.0. The van der Waals surface area contributed by atoms with E-state index < -0.39 is 23.0 Å². The molecular formula is C25H23F3N4O3S. The molecule has 2 aliphatic heterocycles. The van der Waals surface area contributed by atoms with Crippen LogP contribution in [0, 0.1) is 12.3 Å². The third kappa shape index (κ3) is 5.46. The topological polar surface area (TPSA) is 87.3 Å². The number of ether oxygens (including phenoxy) is 2. The second kappa shape index (κ2) is 10.2. The normalized spacial score (nSPS) is 16.9. The van der Waals surface area contributed by atoms with E-state index in [0.717, 1.165) is 16.9 Å². The number of amides is 1. The molecule has 1 amide bonds. The van der Waals surface area contributed by atoms with Gasteiger partial charge >= 0.3 is 6.18 Å². The van der Waals surface area contributed by atoms with Crippen LogP contribution in [-0.2, 0) is 4.79 Å². The second-order valence-electron chi connectivity index (χ2n) is 8.35. The number of rotatable bonds is 7. The Morgan fingerprint density at radius 3 is 2.50 bits per heavy atom. The molecule has 0 aromatic heterocycles. The van der Waals surface area contributed by atoms with Gasteiger partial charge in [-0.1, -0.05) is 44.2 Å². The molecule has 0 spiro atoms. The van der Waals surface area contributed by atoms with E-state index in [4.69, 9.17) is 14.9 Å². The molecule has 2 aliphatic rings. The SMILES string of the molecule is Cc1ccc(C(C)C)c(OCCOc2ccccc2/C=C2/C(=N)N3N=C(C(F)(F)F)SC3=NC2=O)c1. The monoisotopic (exact) mass is 516 g/mol. The Morgan fingerprint density at radius 1 is 1.11 bits per heavy atom. The van der Waals surface area contributed by atoms with Crippen LogP contribution in [-0.4, -0.2) is 46.4 Å². The summed E-state index contributed by atoms with van der Waals surface area (Å²) in [4.78, 5) is 16.2. The number of amidine groups is 2. The number of hydrogen-bond acceptors (Lipinski definition) is 6. The molecule has 2 aromatic carbocycles. The van der Waals surface area contributed by atoms with Gasteiger partial charge in [0.15, 0.2) is 5.84 Å². The molecule has 0 atom stereocenters. The minimum absolute atomic E-state index is 0.194. The lowest BCUT2D eigenvalue weighted by Gasteiger charge is -2.20. The first-order valence-electron chi connectivity index (χ1n) is 11.1. The average molecular weight is 517 g/mol. The van der Waals surface area contributed by atoms with Crippen molar-refractivity contribution in [3.8, 4) is 11.5 Å². The molecule has 4 rings (SSSR count). The molecule has 1 N–H and O–H groups in total. The maximum Gasteiger partial charge on any atom is 0.441 e. The maximum atomic E-state index is 13.0. The first-order chi connectivity index (χ1) is 17.0. The molecule has 0 saturated carbocycles. The number of aryl methyl sites for hydroxylation is 1. The van der Waals surface area contributed by atoms with Crippen LogP contribution >= 0.6 is 11.8 Å². The Kier molecular flexibility index (Phi) is 7.21. The molecule has 0 unspecified atom stereocenters. The fourth-order valence-electron chi connectivity index (χ4n) is 3.54. The van der Waals surface area contributed by atoms with Crippen molar-refractivity contribution in [3.63, 3.8) is 0 Å². The van der Waals surface area contributed by atoms with E-state index in [9.17, 15) is 18.0 Å². The number of halogens is 3. The molecule has 36 heavy (non-hydrogen) atoms. The number of nitrogens with one attached hydrogen (secondary N) is 1. The van der Waals surface area contributed by atoms with Gasteiger partial charge in [-0.05, 0) is 53.9 Å². The van der Waals surface area contributed by atoms with Crippen molar-refractivity contribution in [1.82, 2.24) is 5.01 Å². The first kappa shape index (κ1) is 25.5. The van der Waals surface area contributed by atoms with Gasteiger partial charge in [-0.2, -0.15) is 28.3 Å². The van der Waals surface area contributed by atoms with Crippen molar-refractivity contribution in [1.29, 1.82) is 5.41 Å². The van der Waals surface area contributed by atoms with Gasteiger partial charge in [0.2, 0.25) is 10.2 Å². The Balaban J connectivity index is 1.48. The third-order valence-corrected chi connectivity index (χ3v) is 6.26. The van der Waals surface area contributed by atoms with Crippen molar-refractivity contribution in [2.24, 2.45) is 10.1 Å². The predicted molar refractivity (Wildman–Crippen MR) is 134 cm³/mol. The van der Waals surface area contributed by atoms with E-state index in [2.05, 4.69) is 23.9 Å². The number of alkyl halides is 3. The molecule has 0 fully saturated rings. The summed E-state index contributed by atoms with van der Waals surface area (Å²) in [5.41, 5.74) is 2.45. The number of hydrazone groups is 1. The van der Waals surface area contributed by atoms with Crippen LogP contribution in [0.3, 0.4) is 0 Å². The van der Waals surface area contributed by atoms with Gasteiger partial charge in [0, 0.05) is 5.56 Å². The minimum atomic E-state index is -4.70. The minimum Gasteiger partial charge on any atom is -0.490 e. The number of fused-ring (bicyclic) bond motifs is 1. The van der Waals surface area contributed by atoms with E-state index in [-0.39, 0.29) is 35.7 Å². The van der Waals surface area contributed by atoms with Crippen LogP contribution in [0.4, 0.5) is 13.2 Å². The van der Waals surface area contributed by atoms with Gasteiger partial charge in [0.1, 0.15) is 24.7 Å². The molecular weight excluding hydrogens is 493 g/mol. The van der Waals surface area contributed by atoms with Crippen molar-refractivity contribution in [2.45, 2.75) is 32.9 Å². The summed E-state index contributed by atoms with van der Waals surface area (Å²) in [5, 5.41) is 10.9. The molecule has 0 radical (unpaired) electrons. The van der Waals surface area contributed by atoms with Crippen LogP contribution in [0.2, 0.25) is 0 Å². The predicted octanol–water partition coefficient (Wildman–Crippen LogP) is 5.76. The lowest BCUT2D eigenvalue weighted by molar-refractivity contribution is -0.114. The van der Waals surface area contributed by atoms with Crippen LogP contribution < -0.4 is 9.47 Å². The van der Waals surface area contributed by atoms with Crippen molar-refractivity contribution in [3.05, 3.63) is 64.7 Å². The molecule has 0 saturated heterocycles. The fraction of sp³-hybridized carbons (Fsp3) is 0.280. The van der Waals surface area contributed by atoms with E-state index in [1.54, 1.807) is 24.3 Å². The molecule has 2 heterocycles. The van der Waals surface area contributed by atoms with Crippen molar-refractivity contribution in [2.75, 3.05) is 13.2 Å². The third-order valence-electron chi connectivity index (χ3n) is 5.31. The smallest absolute Gasteiger partial charge is 0.441 e. The van der Waals surface area contributed by atoms with Gasteiger partial charge in [0.25, 0.3) is 5.91 Å². The van der Waals surface area contributed by atoms with Crippen LogP contribution in [0.1, 0.15) is 36.5 Å². The first-order valence-corrected chi connectivity index (χ1v) is 11.9. The highest BCUT2D eigenvalue weighted by Gasteiger charge is 2.46. The van der Waals surface area contributed by atoms with Crippen molar-refractivity contribution >= 4 is 39.8 Å². The Hall–Kier alpha value is -3.60. The Bertz CT molecular complexity index is 1300. The number of aliphatic imine (C=N–C) groups is 1. The lowest BCUT2D eigenvalue weighted by atomic mass is 10.0. The van der Waals surface area contributed by atoms with Gasteiger partial charge in [0.05, 0.1) is 5.57 Å². The summed E-state index contributed by atoms with van der Waals surface area (Å²) < 4.78 is 50.9. The van der Waals surface area contributed by atoms with Crippen LogP contribution in [0.5, 0.6) is 11.5 Å². The molecule has 2 aromatic rings.